The Balaban J connectivity index is 1.99. The van der Waals surface area contributed by atoms with E-state index in [1.807, 2.05) is 0 Å². The molecule has 1 spiro atoms. The lowest BCUT2D eigenvalue weighted by atomic mass is 9.75. The van der Waals surface area contributed by atoms with Gasteiger partial charge in [-0.1, -0.05) is 22.5 Å². The van der Waals surface area contributed by atoms with Crippen LogP contribution in [0.25, 0.3) is 0 Å². The Hall–Kier alpha value is 0.180. The number of likely N-dealkylation sites (tertiary alicyclic amines) is 1. The lowest BCUT2D eigenvalue weighted by Crippen LogP contribution is -2.49. The van der Waals surface area contributed by atoms with Crippen molar-refractivity contribution in [3.63, 3.8) is 0 Å². The van der Waals surface area contributed by atoms with E-state index in [0.717, 1.165) is 11.0 Å². The Labute approximate surface area is 82.9 Å². The van der Waals surface area contributed by atoms with Gasteiger partial charge in [-0.25, -0.2) is 0 Å². The van der Waals surface area contributed by atoms with Gasteiger partial charge in [-0.05, 0) is 38.6 Å². The van der Waals surface area contributed by atoms with Gasteiger partial charge in [0.25, 0.3) is 0 Å². The fraction of sp³-hybridized carbons (Fsp3) is 0.800. The molecule has 1 nitrogen and oxygen atoms in total. The Morgan fingerprint density at radius 2 is 2.00 bits per heavy atom. The Morgan fingerprint density at radius 1 is 1.33 bits per heavy atom. The third-order valence-electron chi connectivity index (χ3n) is 3.39. The lowest BCUT2D eigenvalue weighted by Gasteiger charge is -2.46. The second-order valence-electron chi connectivity index (χ2n) is 4.12. The van der Waals surface area contributed by atoms with Crippen LogP contribution in [0.5, 0.6) is 0 Å². The van der Waals surface area contributed by atoms with Crippen LogP contribution in [-0.4, -0.2) is 23.5 Å². The summed E-state index contributed by atoms with van der Waals surface area (Å²) in [5.74, 6) is 0. The summed E-state index contributed by atoms with van der Waals surface area (Å²) in [5, 5.41) is 0. The molecule has 68 valence electrons. The molecule has 1 heterocycles. The highest BCUT2D eigenvalue weighted by atomic mass is 79.9. The Kier molecular flexibility index (Phi) is 2.30. The molecule has 2 aliphatic rings. The fourth-order valence-electron chi connectivity index (χ4n) is 2.60. The van der Waals surface area contributed by atoms with Crippen molar-refractivity contribution in [3.8, 4) is 0 Å². The van der Waals surface area contributed by atoms with Gasteiger partial charge in [-0.3, -0.25) is 4.90 Å². The van der Waals surface area contributed by atoms with E-state index in [0.29, 0.717) is 5.54 Å². The largest absolute Gasteiger partial charge is 0.293 e. The molecule has 0 radical (unpaired) electrons. The van der Waals surface area contributed by atoms with Crippen LogP contribution in [0, 0.1) is 0 Å². The van der Waals surface area contributed by atoms with Crippen LogP contribution in [0.1, 0.15) is 32.1 Å². The first kappa shape index (κ1) is 8.76. The minimum Gasteiger partial charge on any atom is -0.293 e. The van der Waals surface area contributed by atoms with Gasteiger partial charge in [-0.15, -0.1) is 0 Å². The minimum atomic E-state index is 0.608. The zero-order chi connectivity index (χ0) is 8.60. The van der Waals surface area contributed by atoms with E-state index >= 15 is 0 Å². The van der Waals surface area contributed by atoms with E-state index < -0.39 is 0 Å². The molecule has 2 heteroatoms. The van der Waals surface area contributed by atoms with Gasteiger partial charge >= 0.3 is 0 Å². The zero-order valence-corrected chi connectivity index (χ0v) is 9.07. The summed E-state index contributed by atoms with van der Waals surface area (Å²) < 4.78 is 1.13. The first-order valence-corrected chi connectivity index (χ1v) is 5.61. The SMILES string of the molecule is C=C(Br)CN1CCCC12CCC2. The maximum absolute atomic E-state index is 3.92. The molecular formula is C10H16BrN. The van der Waals surface area contributed by atoms with Crippen molar-refractivity contribution in [1.29, 1.82) is 0 Å². The summed E-state index contributed by atoms with van der Waals surface area (Å²) in [6, 6.07) is 0. The van der Waals surface area contributed by atoms with Crippen LogP contribution in [0.2, 0.25) is 0 Å². The topological polar surface area (TPSA) is 3.24 Å². The summed E-state index contributed by atoms with van der Waals surface area (Å²) in [6.07, 6.45) is 7.10. The van der Waals surface area contributed by atoms with Crippen LogP contribution in [0.4, 0.5) is 0 Å². The zero-order valence-electron chi connectivity index (χ0n) is 7.48. The van der Waals surface area contributed by atoms with Gasteiger partial charge in [0.2, 0.25) is 0 Å². The van der Waals surface area contributed by atoms with Crippen LogP contribution in [-0.2, 0) is 0 Å². The standard InChI is InChI=1S/C10H16BrN/c1-9(11)8-12-7-3-6-10(12)4-2-5-10/h1-8H2. The van der Waals surface area contributed by atoms with Crippen molar-refractivity contribution < 1.29 is 0 Å². The maximum atomic E-state index is 3.92. The second kappa shape index (κ2) is 3.15. The molecule has 0 aromatic rings. The van der Waals surface area contributed by atoms with Crippen molar-refractivity contribution in [2.24, 2.45) is 0 Å². The highest BCUT2D eigenvalue weighted by Crippen LogP contribution is 2.45. The molecule has 2 fully saturated rings. The molecule has 0 atom stereocenters. The molecule has 0 bridgehead atoms. The van der Waals surface area contributed by atoms with Crippen LogP contribution >= 0.6 is 15.9 Å². The molecular weight excluding hydrogens is 214 g/mol. The van der Waals surface area contributed by atoms with Crippen molar-refractivity contribution in [3.05, 3.63) is 11.1 Å². The third-order valence-corrected chi connectivity index (χ3v) is 3.64. The number of rotatable bonds is 2. The molecule has 1 aliphatic carbocycles. The predicted octanol–water partition coefficient (Wildman–Crippen LogP) is 2.91. The van der Waals surface area contributed by atoms with Crippen molar-refractivity contribution >= 4 is 15.9 Å². The van der Waals surface area contributed by atoms with E-state index in [-0.39, 0.29) is 0 Å². The van der Waals surface area contributed by atoms with Gasteiger partial charge in [0, 0.05) is 16.6 Å². The minimum absolute atomic E-state index is 0.608. The van der Waals surface area contributed by atoms with Gasteiger partial charge in [0.1, 0.15) is 0 Å². The van der Waals surface area contributed by atoms with Gasteiger partial charge < -0.3 is 0 Å². The Morgan fingerprint density at radius 3 is 2.50 bits per heavy atom. The molecule has 2 rings (SSSR count). The molecule has 0 amide bonds. The number of hydrogen-bond acceptors (Lipinski definition) is 1. The highest BCUT2D eigenvalue weighted by molar-refractivity contribution is 9.11. The van der Waals surface area contributed by atoms with Crippen LogP contribution in [0.3, 0.4) is 0 Å². The number of halogens is 1. The van der Waals surface area contributed by atoms with Crippen molar-refractivity contribution in [2.75, 3.05) is 13.1 Å². The smallest absolute Gasteiger partial charge is 0.0299 e. The normalized spacial score (nSPS) is 27.4. The van der Waals surface area contributed by atoms with Crippen LogP contribution in [0.15, 0.2) is 11.1 Å². The summed E-state index contributed by atoms with van der Waals surface area (Å²) >= 11 is 3.45. The Bertz CT molecular complexity index is 196. The van der Waals surface area contributed by atoms with Crippen LogP contribution < -0.4 is 0 Å². The molecule has 0 N–H and O–H groups in total. The van der Waals surface area contributed by atoms with Gasteiger partial charge in [0.05, 0.1) is 0 Å². The van der Waals surface area contributed by atoms with E-state index in [9.17, 15) is 0 Å². The number of hydrogen-bond donors (Lipinski definition) is 0. The first-order chi connectivity index (χ1) is 5.73. The predicted molar refractivity (Wildman–Crippen MR) is 55.5 cm³/mol. The summed E-state index contributed by atoms with van der Waals surface area (Å²) in [5.41, 5.74) is 0.608. The second-order valence-corrected chi connectivity index (χ2v) is 5.24. The fourth-order valence-corrected chi connectivity index (χ4v) is 2.90. The van der Waals surface area contributed by atoms with E-state index in [1.165, 1.54) is 38.6 Å². The molecule has 0 aromatic carbocycles. The summed E-state index contributed by atoms with van der Waals surface area (Å²) in [4.78, 5) is 2.62. The number of nitrogens with zero attached hydrogens (tertiary/aromatic N) is 1. The molecule has 1 saturated heterocycles. The summed E-state index contributed by atoms with van der Waals surface area (Å²) in [6.45, 7) is 6.26. The van der Waals surface area contributed by atoms with Gasteiger partial charge in [0.15, 0.2) is 0 Å². The van der Waals surface area contributed by atoms with Crippen molar-refractivity contribution in [1.82, 2.24) is 4.90 Å². The van der Waals surface area contributed by atoms with E-state index in [2.05, 4.69) is 27.4 Å². The molecule has 0 unspecified atom stereocenters. The van der Waals surface area contributed by atoms with E-state index in [1.54, 1.807) is 0 Å². The average molecular weight is 230 g/mol. The third kappa shape index (κ3) is 1.35. The lowest BCUT2D eigenvalue weighted by molar-refractivity contribution is 0.0662. The summed E-state index contributed by atoms with van der Waals surface area (Å²) in [7, 11) is 0. The van der Waals surface area contributed by atoms with Crippen molar-refractivity contribution in [2.45, 2.75) is 37.6 Å². The van der Waals surface area contributed by atoms with E-state index in [4.69, 9.17) is 0 Å². The molecule has 0 aromatic heterocycles. The molecule has 12 heavy (non-hydrogen) atoms. The highest BCUT2D eigenvalue weighted by Gasteiger charge is 2.44. The molecule has 1 saturated carbocycles. The molecule has 1 aliphatic heterocycles. The first-order valence-electron chi connectivity index (χ1n) is 4.81. The monoisotopic (exact) mass is 229 g/mol. The maximum Gasteiger partial charge on any atom is 0.0299 e. The quantitative estimate of drug-likeness (QED) is 0.705. The average Bonchev–Trinajstić information content (AvgIpc) is 2.28. The van der Waals surface area contributed by atoms with Gasteiger partial charge in [-0.2, -0.15) is 0 Å².